The Balaban J connectivity index is 0. The number of halogens is 1. The Morgan fingerprint density at radius 3 is 1.59 bits per heavy atom. The Hall–Kier alpha value is -1.64. The van der Waals surface area contributed by atoms with E-state index in [-0.39, 0.29) is 12.8 Å². The van der Waals surface area contributed by atoms with Crippen LogP contribution in [0.3, 0.4) is 0 Å². The lowest BCUT2D eigenvalue weighted by Gasteiger charge is -1.96. The predicted molar refractivity (Wildman–Crippen MR) is 58.7 cm³/mol. The second-order valence-corrected chi connectivity index (χ2v) is 3.87. The number of nitrogens with two attached hydrogens (primary N) is 1. The topological polar surface area (TPSA) is 155 Å². The molecule has 17 heavy (non-hydrogen) atoms. The highest BCUT2D eigenvalue weighted by atomic mass is 79.9. The normalized spacial score (nSPS) is 10.6. The molecule has 0 rings (SSSR count). The first-order valence-corrected chi connectivity index (χ1v) is 5.17. The summed E-state index contributed by atoms with van der Waals surface area (Å²) < 4.78 is 0. The van der Waals surface area contributed by atoms with Gasteiger partial charge in [-0.25, -0.2) is 0 Å². The van der Waals surface area contributed by atoms with Gasteiger partial charge in [-0.15, -0.1) is 0 Å². The molecule has 1 atom stereocenters. The molecular formula is C8H12BrNO7. The Bertz CT molecular complexity index is 290. The molecule has 5 N–H and O–H groups in total. The van der Waals surface area contributed by atoms with Crippen molar-refractivity contribution in [2.75, 3.05) is 0 Å². The molecule has 98 valence electrons. The van der Waals surface area contributed by atoms with Crippen molar-refractivity contribution in [3.05, 3.63) is 0 Å². The number of primary amides is 1. The van der Waals surface area contributed by atoms with Crippen LogP contribution in [0.15, 0.2) is 0 Å². The number of carbonyl (C=O) groups is 4. The minimum absolute atomic E-state index is 0.0741. The number of hydrogen-bond donors (Lipinski definition) is 4. The van der Waals surface area contributed by atoms with Gasteiger partial charge in [-0.3, -0.25) is 19.2 Å². The van der Waals surface area contributed by atoms with Gasteiger partial charge in [0.05, 0.1) is 12.8 Å². The number of carbonyl (C=O) groups excluding carboxylic acids is 1. The van der Waals surface area contributed by atoms with Crippen LogP contribution >= 0.6 is 15.9 Å². The quantitative estimate of drug-likeness (QED) is 0.488. The van der Waals surface area contributed by atoms with Gasteiger partial charge in [0.2, 0.25) is 5.91 Å². The molecule has 0 aliphatic rings. The van der Waals surface area contributed by atoms with E-state index < -0.39 is 35.1 Å². The largest absolute Gasteiger partial charge is 0.481 e. The van der Waals surface area contributed by atoms with Crippen LogP contribution in [0.4, 0.5) is 0 Å². The fraction of sp³-hybridized carbons (Fsp3) is 0.500. The highest BCUT2D eigenvalue weighted by Crippen LogP contribution is 2.03. The zero-order valence-electron chi connectivity index (χ0n) is 8.63. The Labute approximate surface area is 105 Å². The highest BCUT2D eigenvalue weighted by molar-refractivity contribution is 9.10. The van der Waals surface area contributed by atoms with E-state index in [9.17, 15) is 19.2 Å². The van der Waals surface area contributed by atoms with E-state index in [1.165, 1.54) is 0 Å². The summed E-state index contributed by atoms with van der Waals surface area (Å²) in [6.45, 7) is 0. The molecule has 0 saturated heterocycles. The van der Waals surface area contributed by atoms with Crippen LogP contribution in [0.1, 0.15) is 19.3 Å². The van der Waals surface area contributed by atoms with Crippen LogP contribution in [0, 0.1) is 0 Å². The molecule has 0 aliphatic carbocycles. The van der Waals surface area contributed by atoms with Gasteiger partial charge >= 0.3 is 17.9 Å². The summed E-state index contributed by atoms with van der Waals surface area (Å²) in [5, 5.41) is 24.1. The van der Waals surface area contributed by atoms with Crippen LogP contribution < -0.4 is 5.73 Å². The van der Waals surface area contributed by atoms with E-state index in [4.69, 9.17) is 15.3 Å². The first kappa shape index (κ1) is 17.7. The summed E-state index contributed by atoms with van der Waals surface area (Å²) >= 11 is 2.66. The third kappa shape index (κ3) is 17.0. The Morgan fingerprint density at radius 1 is 1.00 bits per heavy atom. The van der Waals surface area contributed by atoms with Gasteiger partial charge in [0, 0.05) is 6.42 Å². The molecule has 0 heterocycles. The van der Waals surface area contributed by atoms with Gasteiger partial charge in [-0.2, -0.15) is 0 Å². The number of amides is 1. The smallest absolute Gasteiger partial charge is 0.317 e. The Morgan fingerprint density at radius 2 is 1.47 bits per heavy atom. The van der Waals surface area contributed by atoms with E-state index in [0.29, 0.717) is 0 Å². The lowest BCUT2D eigenvalue weighted by Crippen LogP contribution is -2.16. The maximum absolute atomic E-state index is 9.92. The van der Waals surface area contributed by atoms with Crippen molar-refractivity contribution in [1.29, 1.82) is 0 Å². The van der Waals surface area contributed by atoms with Gasteiger partial charge in [-0.1, -0.05) is 15.9 Å². The molecule has 0 fully saturated rings. The summed E-state index contributed by atoms with van der Waals surface area (Å²) in [6.07, 6.45) is -0.639. The molecule has 0 aromatic carbocycles. The SMILES string of the molecule is NC(=O)CCC(=O)O.O=C(O)CC(Br)C(=O)O. The summed E-state index contributed by atoms with van der Waals surface area (Å²) in [6, 6.07) is 0. The number of rotatable bonds is 6. The van der Waals surface area contributed by atoms with Crippen LogP contribution in [0.5, 0.6) is 0 Å². The van der Waals surface area contributed by atoms with Crippen molar-refractivity contribution in [3.63, 3.8) is 0 Å². The number of aliphatic carboxylic acids is 3. The fourth-order valence-electron chi connectivity index (χ4n) is 0.471. The molecule has 0 spiro atoms. The maximum Gasteiger partial charge on any atom is 0.317 e. The molecule has 0 saturated carbocycles. The molecular weight excluding hydrogens is 302 g/mol. The summed E-state index contributed by atoms with van der Waals surface area (Å²) in [7, 11) is 0. The number of hydrogen-bond acceptors (Lipinski definition) is 4. The van der Waals surface area contributed by atoms with Gasteiger partial charge in [-0.05, 0) is 0 Å². The lowest BCUT2D eigenvalue weighted by atomic mass is 10.3. The first-order chi connectivity index (χ1) is 7.66. The van der Waals surface area contributed by atoms with Crippen molar-refractivity contribution in [2.45, 2.75) is 24.1 Å². The molecule has 8 nitrogen and oxygen atoms in total. The van der Waals surface area contributed by atoms with Crippen LogP contribution in [-0.2, 0) is 19.2 Å². The zero-order chi connectivity index (χ0) is 14.0. The monoisotopic (exact) mass is 313 g/mol. The van der Waals surface area contributed by atoms with Crippen LogP contribution in [0.2, 0.25) is 0 Å². The lowest BCUT2D eigenvalue weighted by molar-refractivity contribution is -0.142. The highest BCUT2D eigenvalue weighted by Gasteiger charge is 2.16. The predicted octanol–water partition coefficient (Wildman–Crippen LogP) is -0.354. The van der Waals surface area contributed by atoms with E-state index in [1.807, 2.05) is 0 Å². The van der Waals surface area contributed by atoms with Crippen molar-refractivity contribution in [3.8, 4) is 0 Å². The zero-order valence-corrected chi connectivity index (χ0v) is 10.2. The van der Waals surface area contributed by atoms with Gasteiger partial charge in [0.15, 0.2) is 0 Å². The minimum Gasteiger partial charge on any atom is -0.481 e. The third-order valence-electron chi connectivity index (χ3n) is 1.21. The molecule has 1 amide bonds. The molecule has 0 aromatic rings. The molecule has 1 unspecified atom stereocenters. The summed E-state index contributed by atoms with van der Waals surface area (Å²) in [5.41, 5.74) is 4.64. The Kier molecular flexibility index (Phi) is 10.00. The molecule has 0 aliphatic heterocycles. The van der Waals surface area contributed by atoms with Crippen molar-refractivity contribution in [2.24, 2.45) is 5.73 Å². The van der Waals surface area contributed by atoms with Crippen LogP contribution in [-0.4, -0.2) is 44.0 Å². The summed E-state index contributed by atoms with van der Waals surface area (Å²) in [5.74, 6) is -3.85. The molecule has 0 aromatic heterocycles. The van der Waals surface area contributed by atoms with Crippen LogP contribution in [0.25, 0.3) is 0 Å². The van der Waals surface area contributed by atoms with E-state index in [2.05, 4.69) is 21.7 Å². The molecule has 9 heteroatoms. The van der Waals surface area contributed by atoms with E-state index in [0.717, 1.165) is 0 Å². The van der Waals surface area contributed by atoms with Gasteiger partial charge in [0.25, 0.3) is 0 Å². The molecule has 0 bridgehead atoms. The van der Waals surface area contributed by atoms with E-state index in [1.54, 1.807) is 0 Å². The van der Waals surface area contributed by atoms with Gasteiger partial charge in [0.1, 0.15) is 4.83 Å². The van der Waals surface area contributed by atoms with Crippen molar-refractivity contribution < 1.29 is 34.5 Å². The van der Waals surface area contributed by atoms with Crippen molar-refractivity contribution >= 4 is 39.7 Å². The third-order valence-corrected chi connectivity index (χ3v) is 1.92. The summed E-state index contributed by atoms with van der Waals surface area (Å²) in [4.78, 5) is 38.3. The fourth-order valence-corrected chi connectivity index (χ4v) is 0.748. The average Bonchev–Trinajstić information content (AvgIpc) is 2.14. The first-order valence-electron chi connectivity index (χ1n) is 4.25. The van der Waals surface area contributed by atoms with Gasteiger partial charge < -0.3 is 21.1 Å². The minimum atomic E-state index is -1.16. The molecule has 0 radical (unpaired) electrons. The number of alkyl halides is 1. The number of carboxylic acids is 3. The second-order valence-electron chi connectivity index (χ2n) is 2.76. The maximum atomic E-state index is 9.92. The van der Waals surface area contributed by atoms with Crippen molar-refractivity contribution in [1.82, 2.24) is 0 Å². The van der Waals surface area contributed by atoms with E-state index >= 15 is 0 Å². The second kappa shape index (κ2) is 9.58. The average molecular weight is 314 g/mol. The standard InChI is InChI=1S/C4H5BrO4.C4H7NO3/c5-2(4(8)9)1-3(6)7;5-3(6)1-2-4(7)8/h2H,1H2,(H,6,7)(H,8,9);1-2H2,(H2,5,6)(H,7,8). The number of carboxylic acid groups (broad SMARTS) is 3.